The Kier molecular flexibility index (Phi) is 4.89. The number of nitriles is 1. The third kappa shape index (κ3) is 3.60. The van der Waals surface area contributed by atoms with Crippen molar-refractivity contribution in [3.63, 3.8) is 0 Å². The maximum atomic E-state index is 11.5. The number of benzene rings is 1. The van der Waals surface area contributed by atoms with E-state index in [1.807, 2.05) is 38.1 Å². The summed E-state index contributed by atoms with van der Waals surface area (Å²) in [5.74, 6) is -0.629. The minimum atomic E-state index is -0.629. The molecule has 18 heavy (non-hydrogen) atoms. The lowest BCUT2D eigenvalue weighted by Crippen LogP contribution is -2.06. The van der Waals surface area contributed by atoms with E-state index in [1.165, 1.54) is 17.7 Å². The number of carbonyl (C=O) groups excluding carboxylic acids is 1. The Morgan fingerprint density at radius 2 is 2.17 bits per heavy atom. The Hall–Kier alpha value is -2.34. The highest BCUT2D eigenvalue weighted by atomic mass is 16.5. The van der Waals surface area contributed by atoms with Crippen molar-refractivity contribution in [3.8, 4) is 6.07 Å². The molecule has 0 fully saturated rings. The van der Waals surface area contributed by atoms with E-state index in [4.69, 9.17) is 10.00 Å². The highest BCUT2D eigenvalue weighted by molar-refractivity contribution is 5.97. The molecule has 1 aromatic carbocycles. The smallest absolute Gasteiger partial charge is 0.349 e. The van der Waals surface area contributed by atoms with Gasteiger partial charge in [0.15, 0.2) is 0 Å². The Balaban J connectivity index is 2.97. The summed E-state index contributed by atoms with van der Waals surface area (Å²) in [7, 11) is 0. The molecule has 0 N–H and O–H groups in total. The summed E-state index contributed by atoms with van der Waals surface area (Å²) in [6, 6.07) is 7.58. The highest BCUT2D eigenvalue weighted by Crippen LogP contribution is 2.13. The second kappa shape index (κ2) is 6.41. The van der Waals surface area contributed by atoms with Crippen LogP contribution in [-0.4, -0.2) is 12.6 Å². The fourth-order valence-corrected chi connectivity index (χ4v) is 1.37. The van der Waals surface area contributed by atoms with Crippen molar-refractivity contribution in [2.24, 2.45) is 0 Å². The fraction of sp³-hybridized carbons (Fsp3) is 0.200. The van der Waals surface area contributed by atoms with Crippen LogP contribution in [0.25, 0.3) is 6.08 Å². The predicted molar refractivity (Wildman–Crippen MR) is 70.7 cm³/mol. The van der Waals surface area contributed by atoms with Crippen LogP contribution < -0.4 is 0 Å². The summed E-state index contributed by atoms with van der Waals surface area (Å²) in [5, 5.41) is 8.94. The first-order valence-corrected chi connectivity index (χ1v) is 5.55. The van der Waals surface area contributed by atoms with Crippen LogP contribution in [0.15, 0.2) is 36.4 Å². The lowest BCUT2D eigenvalue weighted by Gasteiger charge is -2.03. The van der Waals surface area contributed by atoms with Gasteiger partial charge in [-0.15, -0.1) is 0 Å². The lowest BCUT2D eigenvalue weighted by atomic mass is 10.0. The second-order valence-electron chi connectivity index (χ2n) is 3.90. The molecule has 0 unspecified atom stereocenters. The molecule has 0 aliphatic carbocycles. The lowest BCUT2D eigenvalue weighted by molar-refractivity contribution is -0.137. The van der Waals surface area contributed by atoms with Crippen LogP contribution in [-0.2, 0) is 9.53 Å². The van der Waals surface area contributed by atoms with Crippen molar-refractivity contribution in [1.82, 2.24) is 0 Å². The van der Waals surface area contributed by atoms with Crippen LogP contribution in [0.5, 0.6) is 0 Å². The third-order valence-electron chi connectivity index (χ3n) is 2.51. The summed E-state index contributed by atoms with van der Waals surface area (Å²) >= 11 is 0. The standard InChI is InChI=1S/C15H15NO2/c1-4-7-18-15(17)14(10-16)9-13-6-5-11(2)12(3)8-13/h4-6,8-9H,1,7H2,2-3H3. The number of aryl methyl sites for hydroxylation is 2. The summed E-state index contributed by atoms with van der Waals surface area (Å²) in [6.45, 7) is 7.53. The second-order valence-corrected chi connectivity index (χ2v) is 3.90. The van der Waals surface area contributed by atoms with Crippen molar-refractivity contribution >= 4 is 12.0 Å². The summed E-state index contributed by atoms with van der Waals surface area (Å²) in [6.07, 6.45) is 2.99. The van der Waals surface area contributed by atoms with Crippen molar-refractivity contribution in [2.45, 2.75) is 13.8 Å². The molecule has 0 atom stereocenters. The molecule has 0 bridgehead atoms. The summed E-state index contributed by atoms with van der Waals surface area (Å²) in [5.41, 5.74) is 3.07. The molecular formula is C15H15NO2. The third-order valence-corrected chi connectivity index (χ3v) is 2.51. The number of carbonyl (C=O) groups is 1. The van der Waals surface area contributed by atoms with Crippen LogP contribution in [0.4, 0.5) is 0 Å². The number of nitrogens with zero attached hydrogens (tertiary/aromatic N) is 1. The molecule has 0 aliphatic rings. The van der Waals surface area contributed by atoms with Crippen LogP contribution in [0.2, 0.25) is 0 Å². The van der Waals surface area contributed by atoms with E-state index in [2.05, 4.69) is 6.58 Å². The average molecular weight is 241 g/mol. The maximum Gasteiger partial charge on any atom is 0.349 e. The van der Waals surface area contributed by atoms with Crippen molar-refractivity contribution < 1.29 is 9.53 Å². The van der Waals surface area contributed by atoms with Gasteiger partial charge in [0.25, 0.3) is 0 Å². The average Bonchev–Trinajstić information content (AvgIpc) is 2.37. The van der Waals surface area contributed by atoms with Gasteiger partial charge in [0.05, 0.1) is 0 Å². The molecule has 0 spiro atoms. The van der Waals surface area contributed by atoms with Crippen LogP contribution >= 0.6 is 0 Å². The number of hydrogen-bond acceptors (Lipinski definition) is 3. The van der Waals surface area contributed by atoms with E-state index in [0.29, 0.717) is 0 Å². The zero-order chi connectivity index (χ0) is 13.5. The molecule has 0 radical (unpaired) electrons. The van der Waals surface area contributed by atoms with E-state index in [-0.39, 0.29) is 12.2 Å². The predicted octanol–water partition coefficient (Wildman–Crippen LogP) is 2.94. The molecule has 3 nitrogen and oxygen atoms in total. The van der Waals surface area contributed by atoms with E-state index >= 15 is 0 Å². The minimum Gasteiger partial charge on any atom is -0.457 e. The Morgan fingerprint density at radius 1 is 1.44 bits per heavy atom. The van der Waals surface area contributed by atoms with Gasteiger partial charge in [-0.2, -0.15) is 5.26 Å². The summed E-state index contributed by atoms with van der Waals surface area (Å²) in [4.78, 5) is 11.5. The van der Waals surface area contributed by atoms with Crippen molar-refractivity contribution in [3.05, 3.63) is 53.1 Å². The van der Waals surface area contributed by atoms with E-state index < -0.39 is 5.97 Å². The molecule has 0 heterocycles. The number of esters is 1. The molecule has 0 aromatic heterocycles. The van der Waals surface area contributed by atoms with Gasteiger partial charge in [-0.1, -0.05) is 30.9 Å². The van der Waals surface area contributed by atoms with Gasteiger partial charge in [0, 0.05) is 0 Å². The zero-order valence-electron chi connectivity index (χ0n) is 10.6. The number of rotatable bonds is 4. The van der Waals surface area contributed by atoms with Gasteiger partial charge < -0.3 is 4.74 Å². The van der Waals surface area contributed by atoms with Crippen molar-refractivity contribution in [2.75, 3.05) is 6.61 Å². The molecule has 0 saturated heterocycles. The first kappa shape index (κ1) is 13.7. The summed E-state index contributed by atoms with van der Waals surface area (Å²) < 4.78 is 4.82. The number of hydrogen-bond donors (Lipinski definition) is 0. The van der Waals surface area contributed by atoms with Crippen LogP contribution in [0, 0.1) is 25.2 Å². The zero-order valence-corrected chi connectivity index (χ0v) is 10.6. The number of ether oxygens (including phenoxy) is 1. The maximum absolute atomic E-state index is 11.5. The molecular weight excluding hydrogens is 226 g/mol. The van der Waals surface area contributed by atoms with Crippen molar-refractivity contribution in [1.29, 1.82) is 5.26 Å². The van der Waals surface area contributed by atoms with Gasteiger partial charge in [-0.05, 0) is 36.6 Å². The molecule has 1 rings (SSSR count). The van der Waals surface area contributed by atoms with Gasteiger partial charge in [0.1, 0.15) is 18.2 Å². The quantitative estimate of drug-likeness (QED) is 0.352. The topological polar surface area (TPSA) is 50.1 Å². The van der Waals surface area contributed by atoms with E-state index in [1.54, 1.807) is 0 Å². The van der Waals surface area contributed by atoms with Gasteiger partial charge >= 0.3 is 5.97 Å². The van der Waals surface area contributed by atoms with Gasteiger partial charge in [-0.3, -0.25) is 0 Å². The Morgan fingerprint density at radius 3 is 2.72 bits per heavy atom. The molecule has 1 aromatic rings. The van der Waals surface area contributed by atoms with Crippen LogP contribution in [0.3, 0.4) is 0 Å². The first-order chi connectivity index (χ1) is 8.58. The molecule has 0 saturated carbocycles. The Bertz CT molecular complexity index is 536. The Labute approximate surface area is 107 Å². The molecule has 3 heteroatoms. The normalized spacial score (nSPS) is 10.6. The monoisotopic (exact) mass is 241 g/mol. The molecule has 0 amide bonds. The van der Waals surface area contributed by atoms with E-state index in [0.717, 1.165) is 11.1 Å². The van der Waals surface area contributed by atoms with Gasteiger partial charge in [0.2, 0.25) is 0 Å². The SMILES string of the molecule is C=CCOC(=O)C(C#N)=Cc1ccc(C)c(C)c1. The van der Waals surface area contributed by atoms with Gasteiger partial charge in [-0.25, -0.2) is 4.79 Å². The first-order valence-electron chi connectivity index (χ1n) is 5.55. The highest BCUT2D eigenvalue weighted by Gasteiger charge is 2.09. The largest absolute Gasteiger partial charge is 0.457 e. The fourth-order valence-electron chi connectivity index (χ4n) is 1.37. The molecule has 92 valence electrons. The minimum absolute atomic E-state index is 0.0138. The molecule has 0 aliphatic heterocycles. The van der Waals surface area contributed by atoms with Crippen LogP contribution in [0.1, 0.15) is 16.7 Å². The van der Waals surface area contributed by atoms with E-state index in [9.17, 15) is 4.79 Å².